The lowest BCUT2D eigenvalue weighted by Crippen LogP contribution is -2.29. The highest BCUT2D eigenvalue weighted by molar-refractivity contribution is 7.32. The van der Waals surface area contributed by atoms with E-state index in [0.717, 1.165) is 0 Å². The molecule has 112 valence electrons. The maximum atomic E-state index is 13.6. The summed E-state index contributed by atoms with van der Waals surface area (Å²) < 4.78 is 69.3. The topological polar surface area (TPSA) is 96.2 Å². The number of benzene rings is 1. The molecule has 1 aromatic rings. The Morgan fingerprint density at radius 3 is 2.30 bits per heavy atom. The van der Waals surface area contributed by atoms with Gasteiger partial charge in [-0.3, -0.25) is 4.52 Å². The van der Waals surface area contributed by atoms with Gasteiger partial charge in [-0.2, -0.15) is 13.2 Å². The van der Waals surface area contributed by atoms with Gasteiger partial charge in [0.2, 0.25) is 0 Å². The summed E-state index contributed by atoms with van der Waals surface area (Å²) in [5, 5.41) is 9.66. The summed E-state index contributed by atoms with van der Waals surface area (Å²) in [7, 11) is -4.97. The van der Waals surface area contributed by atoms with Crippen LogP contribution >= 0.6 is 17.3 Å². The lowest BCUT2D eigenvalue weighted by molar-refractivity contribution is -0.283. The van der Waals surface area contributed by atoms with Crippen molar-refractivity contribution in [1.82, 2.24) is 0 Å². The van der Waals surface area contributed by atoms with Crippen molar-refractivity contribution in [2.45, 2.75) is 12.1 Å². The van der Waals surface area contributed by atoms with Crippen LogP contribution in [0.15, 0.2) is 18.2 Å². The Balaban J connectivity index is 3.25. The van der Waals surface area contributed by atoms with Crippen LogP contribution in [-0.4, -0.2) is 14.9 Å². The van der Waals surface area contributed by atoms with E-state index in [-0.39, 0.29) is 6.07 Å². The predicted molar refractivity (Wildman–Crippen MR) is 57.8 cm³/mol. The zero-order valence-electron chi connectivity index (χ0n) is 9.26. The average molecular weight is 337 g/mol. The standard InChI is InChI=1S/C8H6F4O6P2/c9-6-3-4(7(10,11)12)1-2-5(6)8(13,17-19-14)18-20(15)16/h1-3,13-14,19H/p+1. The second-order valence-electron chi connectivity index (χ2n) is 3.30. The molecule has 0 saturated heterocycles. The highest BCUT2D eigenvalue weighted by atomic mass is 31.1. The van der Waals surface area contributed by atoms with Crippen LogP contribution in [0.1, 0.15) is 11.1 Å². The SMILES string of the molecule is O=[P+](O)OC(O)(OPO)c1ccc(C(F)(F)F)cc1F. The summed E-state index contributed by atoms with van der Waals surface area (Å²) in [6, 6.07) is 0.899. The van der Waals surface area contributed by atoms with Crippen LogP contribution in [-0.2, 0) is 25.8 Å². The lowest BCUT2D eigenvalue weighted by atomic mass is 10.1. The van der Waals surface area contributed by atoms with Gasteiger partial charge in [-0.1, -0.05) is 0 Å². The maximum Gasteiger partial charge on any atom is 0.700 e. The van der Waals surface area contributed by atoms with Crippen LogP contribution in [0.2, 0.25) is 0 Å². The first-order chi connectivity index (χ1) is 9.10. The Morgan fingerprint density at radius 1 is 1.30 bits per heavy atom. The van der Waals surface area contributed by atoms with Gasteiger partial charge in [-0.15, -0.1) is 4.89 Å². The second-order valence-corrected chi connectivity index (χ2v) is 4.34. The number of hydrogen-bond donors (Lipinski definition) is 3. The number of aliphatic hydroxyl groups is 1. The van der Waals surface area contributed by atoms with Gasteiger partial charge in [0.25, 0.3) is 0 Å². The second kappa shape index (κ2) is 6.36. The van der Waals surface area contributed by atoms with E-state index in [2.05, 4.69) is 9.05 Å². The summed E-state index contributed by atoms with van der Waals surface area (Å²) in [6.07, 6.45) is -4.82. The molecule has 0 bridgehead atoms. The van der Waals surface area contributed by atoms with Gasteiger partial charge in [0.1, 0.15) is 5.82 Å². The summed E-state index contributed by atoms with van der Waals surface area (Å²) in [4.78, 5) is 17.1. The summed E-state index contributed by atoms with van der Waals surface area (Å²) in [6.45, 7) is 0. The number of halogens is 4. The fourth-order valence-corrected chi connectivity index (χ4v) is 1.93. The smallest absolute Gasteiger partial charge is 0.352 e. The van der Waals surface area contributed by atoms with Gasteiger partial charge < -0.3 is 10.00 Å². The van der Waals surface area contributed by atoms with Gasteiger partial charge in [-0.05, 0) is 22.7 Å². The third-order valence-corrected chi connectivity index (χ3v) is 2.79. The van der Waals surface area contributed by atoms with Crippen molar-refractivity contribution < 1.29 is 46.1 Å². The van der Waals surface area contributed by atoms with Gasteiger partial charge in [-0.25, -0.2) is 4.39 Å². The molecule has 20 heavy (non-hydrogen) atoms. The highest BCUT2D eigenvalue weighted by Gasteiger charge is 2.45. The molecular weight excluding hydrogens is 330 g/mol. The van der Waals surface area contributed by atoms with Crippen molar-refractivity contribution in [3.63, 3.8) is 0 Å². The maximum absolute atomic E-state index is 13.6. The molecule has 3 unspecified atom stereocenters. The number of rotatable bonds is 5. The fourth-order valence-electron chi connectivity index (χ4n) is 1.24. The van der Waals surface area contributed by atoms with E-state index in [4.69, 9.17) is 9.79 Å². The first-order valence-corrected chi connectivity index (χ1v) is 6.60. The number of alkyl halides is 3. The van der Waals surface area contributed by atoms with Crippen molar-refractivity contribution in [3.8, 4) is 0 Å². The molecule has 0 aliphatic carbocycles. The summed E-state index contributed by atoms with van der Waals surface area (Å²) >= 11 is 0. The zero-order valence-corrected chi connectivity index (χ0v) is 11.2. The molecule has 1 rings (SSSR count). The monoisotopic (exact) mass is 337 g/mol. The average Bonchev–Trinajstić information content (AvgIpc) is 2.26. The molecule has 0 aliphatic rings. The van der Waals surface area contributed by atoms with Gasteiger partial charge in [0, 0.05) is 4.57 Å². The Bertz CT molecular complexity index is 510. The first kappa shape index (κ1) is 17.3. The van der Waals surface area contributed by atoms with Crippen LogP contribution in [0.3, 0.4) is 0 Å². The van der Waals surface area contributed by atoms with E-state index in [0.29, 0.717) is 12.1 Å². The van der Waals surface area contributed by atoms with Gasteiger partial charge >= 0.3 is 20.4 Å². The summed E-state index contributed by atoms with van der Waals surface area (Å²) in [5.41, 5.74) is -2.34. The molecule has 0 spiro atoms. The van der Waals surface area contributed by atoms with Gasteiger partial charge in [0.15, 0.2) is 9.03 Å². The van der Waals surface area contributed by atoms with Crippen molar-refractivity contribution in [3.05, 3.63) is 35.1 Å². The van der Waals surface area contributed by atoms with E-state index in [1.807, 2.05) is 0 Å². The van der Waals surface area contributed by atoms with Crippen LogP contribution in [0.5, 0.6) is 0 Å². The molecule has 12 heteroatoms. The Hall–Kier alpha value is -0.730. The normalized spacial score (nSPS) is 16.4. The van der Waals surface area contributed by atoms with Crippen molar-refractivity contribution in [1.29, 1.82) is 0 Å². The molecule has 3 atom stereocenters. The van der Waals surface area contributed by atoms with Gasteiger partial charge in [0.05, 0.1) is 11.1 Å². The molecule has 0 heterocycles. The summed E-state index contributed by atoms with van der Waals surface area (Å²) in [5.74, 6) is -4.79. The minimum Gasteiger partial charge on any atom is -0.352 e. The highest BCUT2D eigenvalue weighted by Crippen LogP contribution is 2.40. The third-order valence-electron chi connectivity index (χ3n) is 2.02. The Kier molecular flexibility index (Phi) is 5.51. The minimum atomic E-state index is -4.82. The fraction of sp³-hybridized carbons (Fsp3) is 0.250. The molecule has 0 aliphatic heterocycles. The van der Waals surface area contributed by atoms with E-state index in [1.54, 1.807) is 0 Å². The Labute approximate surface area is 111 Å². The number of hydrogen-bond acceptors (Lipinski definition) is 5. The molecule has 0 fully saturated rings. The Morgan fingerprint density at radius 2 is 1.90 bits per heavy atom. The van der Waals surface area contributed by atoms with E-state index in [1.165, 1.54) is 0 Å². The zero-order chi connectivity index (χ0) is 15.6. The molecule has 0 aromatic heterocycles. The van der Waals surface area contributed by atoms with Crippen LogP contribution < -0.4 is 0 Å². The molecular formula is C8H7F4O6P2+. The predicted octanol–water partition coefficient (Wildman–Crippen LogP) is 2.13. The quantitative estimate of drug-likeness (QED) is 0.433. The molecule has 0 saturated carbocycles. The first-order valence-electron chi connectivity index (χ1n) is 4.62. The van der Waals surface area contributed by atoms with E-state index in [9.17, 15) is 27.2 Å². The molecule has 1 aromatic carbocycles. The van der Waals surface area contributed by atoms with E-state index >= 15 is 0 Å². The van der Waals surface area contributed by atoms with E-state index < -0.39 is 46.4 Å². The molecule has 0 amide bonds. The van der Waals surface area contributed by atoms with Crippen LogP contribution in [0, 0.1) is 5.82 Å². The van der Waals surface area contributed by atoms with Crippen LogP contribution in [0.4, 0.5) is 17.6 Å². The van der Waals surface area contributed by atoms with Crippen molar-refractivity contribution >= 4 is 17.3 Å². The lowest BCUT2D eigenvalue weighted by Gasteiger charge is -2.21. The minimum absolute atomic E-state index is 0.0396. The third kappa shape index (κ3) is 4.13. The molecule has 0 radical (unpaired) electrons. The van der Waals surface area contributed by atoms with Crippen molar-refractivity contribution in [2.24, 2.45) is 0 Å². The van der Waals surface area contributed by atoms with Crippen LogP contribution in [0.25, 0.3) is 0 Å². The molecule has 3 N–H and O–H groups in total. The molecule has 6 nitrogen and oxygen atoms in total. The largest absolute Gasteiger partial charge is 0.700 e. The van der Waals surface area contributed by atoms with Crippen molar-refractivity contribution in [2.75, 3.05) is 0 Å².